The molecule has 1 rings (SSSR count). The summed E-state index contributed by atoms with van der Waals surface area (Å²) in [6.07, 6.45) is 0. The minimum Gasteiger partial charge on any atom is -0.383 e. The van der Waals surface area contributed by atoms with Crippen molar-refractivity contribution in [3.05, 3.63) is 28.5 Å². The van der Waals surface area contributed by atoms with Crippen LogP contribution in [-0.2, 0) is 21.3 Å². The first-order valence-corrected chi connectivity index (χ1v) is 7.29. The predicted octanol–water partition coefficient (Wildman–Crippen LogP) is 1.20. The smallest absolute Gasteiger partial charge is 0.243 e. The van der Waals surface area contributed by atoms with Gasteiger partial charge in [-0.2, -0.15) is 4.31 Å². The number of benzene rings is 1. The van der Waals surface area contributed by atoms with E-state index in [1.54, 1.807) is 0 Å². The fourth-order valence-corrected chi connectivity index (χ4v) is 2.84. The molecule has 108 valence electrons. The third-order valence-electron chi connectivity index (χ3n) is 2.62. The highest BCUT2D eigenvalue weighted by Gasteiger charge is 2.23. The van der Waals surface area contributed by atoms with Crippen molar-refractivity contribution in [2.24, 2.45) is 5.73 Å². The Kier molecular flexibility index (Phi) is 5.69. The number of likely N-dealkylation sites (N-methyl/N-ethyl adjacent to an activating group) is 1. The van der Waals surface area contributed by atoms with Gasteiger partial charge in [0.1, 0.15) is 5.82 Å². The molecule has 0 aromatic heterocycles. The molecular formula is C11H16ClFN2O3S. The first-order valence-electron chi connectivity index (χ1n) is 5.47. The molecule has 19 heavy (non-hydrogen) atoms. The average molecular weight is 311 g/mol. The van der Waals surface area contributed by atoms with Crippen LogP contribution < -0.4 is 5.73 Å². The number of sulfonamides is 1. The predicted molar refractivity (Wildman–Crippen MR) is 71.0 cm³/mol. The Hall–Kier alpha value is -0.730. The Morgan fingerprint density at radius 1 is 1.47 bits per heavy atom. The van der Waals surface area contributed by atoms with Gasteiger partial charge in [-0.25, -0.2) is 12.8 Å². The molecule has 0 aliphatic heterocycles. The fraction of sp³-hybridized carbons (Fsp3) is 0.455. The molecule has 0 amide bonds. The standard InChI is InChI=1S/C11H16ClFN2O3S/c1-15(3-4-18-2)19(16,17)9-5-8(7-14)11(12)10(13)6-9/h5-6H,3-4,7,14H2,1-2H3. The summed E-state index contributed by atoms with van der Waals surface area (Å²) >= 11 is 5.70. The zero-order valence-electron chi connectivity index (χ0n) is 10.7. The van der Waals surface area contributed by atoms with E-state index in [9.17, 15) is 12.8 Å². The van der Waals surface area contributed by atoms with Crippen molar-refractivity contribution in [2.75, 3.05) is 27.3 Å². The van der Waals surface area contributed by atoms with Gasteiger partial charge in [0.15, 0.2) is 0 Å². The summed E-state index contributed by atoms with van der Waals surface area (Å²) in [5.74, 6) is -0.802. The van der Waals surface area contributed by atoms with Crippen molar-refractivity contribution in [1.29, 1.82) is 0 Å². The van der Waals surface area contributed by atoms with Crippen LogP contribution in [0.4, 0.5) is 4.39 Å². The van der Waals surface area contributed by atoms with Gasteiger partial charge in [-0.3, -0.25) is 0 Å². The lowest BCUT2D eigenvalue weighted by atomic mass is 10.2. The molecule has 1 aromatic carbocycles. The van der Waals surface area contributed by atoms with Gasteiger partial charge >= 0.3 is 0 Å². The fourth-order valence-electron chi connectivity index (χ4n) is 1.44. The third kappa shape index (κ3) is 3.64. The summed E-state index contributed by atoms with van der Waals surface area (Å²) in [6.45, 7) is 0.373. The Balaban J connectivity index is 3.18. The molecule has 0 spiro atoms. The van der Waals surface area contributed by atoms with E-state index < -0.39 is 15.8 Å². The van der Waals surface area contributed by atoms with Crippen LogP contribution in [0.2, 0.25) is 5.02 Å². The molecule has 1 aromatic rings. The number of ether oxygens (including phenoxy) is 1. The van der Waals surface area contributed by atoms with E-state index in [1.165, 1.54) is 20.2 Å². The van der Waals surface area contributed by atoms with Gasteiger partial charge in [0.25, 0.3) is 0 Å². The number of rotatable bonds is 6. The van der Waals surface area contributed by atoms with Gasteiger partial charge in [-0.1, -0.05) is 11.6 Å². The number of halogens is 2. The average Bonchev–Trinajstić information content (AvgIpc) is 2.38. The van der Waals surface area contributed by atoms with E-state index in [-0.39, 0.29) is 35.2 Å². The highest BCUT2D eigenvalue weighted by molar-refractivity contribution is 7.89. The van der Waals surface area contributed by atoms with Crippen molar-refractivity contribution < 1.29 is 17.5 Å². The number of hydrogen-bond donors (Lipinski definition) is 1. The van der Waals surface area contributed by atoms with E-state index in [0.29, 0.717) is 0 Å². The summed E-state index contributed by atoms with van der Waals surface area (Å²) in [5, 5.41) is -0.152. The van der Waals surface area contributed by atoms with E-state index >= 15 is 0 Å². The van der Waals surface area contributed by atoms with Crippen LogP contribution >= 0.6 is 11.6 Å². The van der Waals surface area contributed by atoms with E-state index in [0.717, 1.165) is 10.4 Å². The number of nitrogens with two attached hydrogens (primary N) is 1. The largest absolute Gasteiger partial charge is 0.383 e. The van der Waals surface area contributed by atoms with Crippen LogP contribution in [0.25, 0.3) is 0 Å². The normalized spacial score (nSPS) is 12.1. The Morgan fingerprint density at radius 2 is 2.11 bits per heavy atom. The first-order chi connectivity index (χ1) is 8.84. The Labute approximate surface area is 117 Å². The maximum Gasteiger partial charge on any atom is 0.243 e. The second kappa shape index (κ2) is 6.62. The second-order valence-electron chi connectivity index (χ2n) is 3.90. The molecule has 0 saturated heterocycles. The van der Waals surface area contributed by atoms with E-state index in [2.05, 4.69) is 0 Å². The summed E-state index contributed by atoms with van der Waals surface area (Å²) in [4.78, 5) is -0.173. The lowest BCUT2D eigenvalue weighted by Crippen LogP contribution is -2.30. The molecule has 0 bridgehead atoms. The summed E-state index contributed by atoms with van der Waals surface area (Å²) in [7, 11) is -0.925. The van der Waals surface area contributed by atoms with Crippen molar-refractivity contribution in [1.82, 2.24) is 4.31 Å². The van der Waals surface area contributed by atoms with Crippen molar-refractivity contribution in [3.8, 4) is 0 Å². The van der Waals surface area contributed by atoms with Crippen LogP contribution in [0.15, 0.2) is 17.0 Å². The molecule has 5 nitrogen and oxygen atoms in total. The lowest BCUT2D eigenvalue weighted by Gasteiger charge is -2.17. The quantitative estimate of drug-likeness (QED) is 0.857. The molecule has 0 aliphatic rings. The van der Waals surface area contributed by atoms with Crippen molar-refractivity contribution in [3.63, 3.8) is 0 Å². The zero-order chi connectivity index (χ0) is 14.6. The van der Waals surface area contributed by atoms with Gasteiger partial charge < -0.3 is 10.5 Å². The SMILES string of the molecule is COCCN(C)S(=O)(=O)c1cc(F)c(Cl)c(CN)c1. The third-order valence-corrected chi connectivity index (χ3v) is 4.87. The summed E-state index contributed by atoms with van der Waals surface area (Å²) in [6, 6.07) is 2.17. The molecule has 2 N–H and O–H groups in total. The van der Waals surface area contributed by atoms with Crippen LogP contribution in [0, 0.1) is 5.82 Å². The lowest BCUT2D eigenvalue weighted by molar-refractivity contribution is 0.185. The summed E-state index contributed by atoms with van der Waals surface area (Å²) < 4.78 is 43.8. The molecule has 0 unspecified atom stereocenters. The van der Waals surface area contributed by atoms with Crippen LogP contribution in [0.5, 0.6) is 0 Å². The minimum absolute atomic E-state index is 0.0408. The van der Waals surface area contributed by atoms with Gasteiger partial charge in [-0.05, 0) is 17.7 Å². The Bertz CT molecular complexity index is 551. The van der Waals surface area contributed by atoms with E-state index in [4.69, 9.17) is 22.1 Å². The zero-order valence-corrected chi connectivity index (χ0v) is 12.3. The molecule has 0 aliphatic carbocycles. The maximum absolute atomic E-state index is 13.6. The molecular weight excluding hydrogens is 295 g/mol. The monoisotopic (exact) mass is 310 g/mol. The Morgan fingerprint density at radius 3 is 2.63 bits per heavy atom. The van der Waals surface area contributed by atoms with Crippen LogP contribution in [0.1, 0.15) is 5.56 Å². The molecule has 0 radical (unpaired) electrons. The van der Waals surface area contributed by atoms with Gasteiger partial charge in [0, 0.05) is 27.2 Å². The summed E-state index contributed by atoms with van der Waals surface area (Å²) in [5.41, 5.74) is 5.66. The highest BCUT2D eigenvalue weighted by atomic mass is 35.5. The van der Waals surface area contributed by atoms with E-state index in [1.807, 2.05) is 0 Å². The second-order valence-corrected chi connectivity index (χ2v) is 6.32. The molecule has 0 heterocycles. The topological polar surface area (TPSA) is 72.6 Å². The molecule has 0 saturated carbocycles. The molecule has 8 heteroatoms. The molecule has 0 atom stereocenters. The number of methoxy groups -OCH3 is 1. The van der Waals surface area contributed by atoms with Gasteiger partial charge in [0.05, 0.1) is 16.5 Å². The first kappa shape index (κ1) is 16.3. The molecule has 0 fully saturated rings. The highest BCUT2D eigenvalue weighted by Crippen LogP contribution is 2.25. The minimum atomic E-state index is -3.78. The van der Waals surface area contributed by atoms with Crippen molar-refractivity contribution >= 4 is 21.6 Å². The van der Waals surface area contributed by atoms with Crippen molar-refractivity contribution in [2.45, 2.75) is 11.4 Å². The maximum atomic E-state index is 13.6. The van der Waals surface area contributed by atoms with Gasteiger partial charge in [-0.15, -0.1) is 0 Å². The van der Waals surface area contributed by atoms with Gasteiger partial charge in [0.2, 0.25) is 10.0 Å². The van der Waals surface area contributed by atoms with Crippen LogP contribution in [0.3, 0.4) is 0 Å². The van der Waals surface area contributed by atoms with Crippen LogP contribution in [-0.4, -0.2) is 40.0 Å². The number of nitrogens with zero attached hydrogens (tertiary/aromatic N) is 1. The number of hydrogen-bond acceptors (Lipinski definition) is 4.